The van der Waals surface area contributed by atoms with Gasteiger partial charge in [-0.15, -0.1) is 0 Å². The lowest BCUT2D eigenvalue weighted by Gasteiger charge is -2.16. The number of nitrogens with one attached hydrogen (secondary N) is 1. The normalized spacial score (nSPS) is 11.9. The van der Waals surface area contributed by atoms with Gasteiger partial charge >= 0.3 is 0 Å². The number of nitrogens with zero attached hydrogens (tertiary/aromatic N) is 2. The molecule has 1 amide bonds. The van der Waals surface area contributed by atoms with E-state index in [0.717, 1.165) is 22.0 Å². The standard InChI is InChI=1S/C23H21N3O2/c1-17(28-22-8-4-6-19-5-2-3-7-21(19)22)23(27)25-15-18-9-11-20(12-10-18)26-14-13-24-16-26/h2-14,16-17H,15H2,1H3,(H,25,27)/t17-/m1/s1. The number of rotatable bonds is 6. The van der Waals surface area contributed by atoms with Crippen LogP contribution in [-0.2, 0) is 11.3 Å². The molecule has 4 aromatic rings. The highest BCUT2D eigenvalue weighted by atomic mass is 16.5. The monoisotopic (exact) mass is 371 g/mol. The van der Waals surface area contributed by atoms with Crippen molar-refractivity contribution in [2.75, 3.05) is 0 Å². The van der Waals surface area contributed by atoms with Crippen molar-refractivity contribution in [3.05, 3.63) is 91.0 Å². The van der Waals surface area contributed by atoms with E-state index in [1.807, 2.05) is 77.5 Å². The summed E-state index contributed by atoms with van der Waals surface area (Å²) < 4.78 is 7.86. The third-order valence-corrected chi connectivity index (χ3v) is 4.63. The van der Waals surface area contributed by atoms with Crippen molar-refractivity contribution in [1.29, 1.82) is 0 Å². The van der Waals surface area contributed by atoms with E-state index in [1.54, 1.807) is 19.4 Å². The van der Waals surface area contributed by atoms with Crippen LogP contribution in [0.25, 0.3) is 16.5 Å². The highest BCUT2D eigenvalue weighted by Crippen LogP contribution is 2.26. The summed E-state index contributed by atoms with van der Waals surface area (Å²) in [5.41, 5.74) is 2.05. The second kappa shape index (κ2) is 7.96. The maximum atomic E-state index is 12.5. The first-order valence-corrected chi connectivity index (χ1v) is 9.20. The number of benzene rings is 3. The Balaban J connectivity index is 1.37. The highest BCUT2D eigenvalue weighted by Gasteiger charge is 2.15. The predicted octanol–water partition coefficient (Wildman–Crippen LogP) is 4.11. The molecule has 3 aromatic carbocycles. The van der Waals surface area contributed by atoms with Crippen LogP contribution in [0, 0.1) is 0 Å². The zero-order valence-electron chi connectivity index (χ0n) is 15.6. The molecule has 1 heterocycles. The maximum Gasteiger partial charge on any atom is 0.261 e. The lowest BCUT2D eigenvalue weighted by molar-refractivity contribution is -0.127. The van der Waals surface area contributed by atoms with Crippen molar-refractivity contribution in [2.24, 2.45) is 0 Å². The Morgan fingerprint density at radius 1 is 1.07 bits per heavy atom. The quantitative estimate of drug-likeness (QED) is 0.555. The Kier molecular flexibility index (Phi) is 5.06. The molecule has 4 rings (SSSR count). The van der Waals surface area contributed by atoms with Gasteiger partial charge in [0, 0.05) is 30.0 Å². The summed E-state index contributed by atoms with van der Waals surface area (Å²) >= 11 is 0. The molecule has 0 unspecified atom stereocenters. The minimum Gasteiger partial charge on any atom is -0.480 e. The van der Waals surface area contributed by atoms with Gasteiger partial charge in [-0.05, 0) is 36.1 Å². The molecular formula is C23H21N3O2. The fourth-order valence-electron chi connectivity index (χ4n) is 3.07. The fraction of sp³-hybridized carbons (Fsp3) is 0.130. The second-order valence-electron chi connectivity index (χ2n) is 6.59. The molecule has 0 saturated heterocycles. The van der Waals surface area contributed by atoms with Crippen molar-refractivity contribution >= 4 is 16.7 Å². The number of amides is 1. The SMILES string of the molecule is C[C@@H](Oc1cccc2ccccc12)C(=O)NCc1ccc(-n2ccnc2)cc1. The minimum absolute atomic E-state index is 0.147. The number of fused-ring (bicyclic) bond motifs is 1. The van der Waals surface area contributed by atoms with Crippen LogP contribution in [0.5, 0.6) is 5.75 Å². The molecule has 0 radical (unpaired) electrons. The van der Waals surface area contributed by atoms with Crippen molar-refractivity contribution in [1.82, 2.24) is 14.9 Å². The van der Waals surface area contributed by atoms with Crippen molar-refractivity contribution < 1.29 is 9.53 Å². The van der Waals surface area contributed by atoms with Gasteiger partial charge in [0.05, 0.1) is 6.33 Å². The Hall–Kier alpha value is -3.60. The van der Waals surface area contributed by atoms with E-state index in [4.69, 9.17) is 4.74 Å². The smallest absolute Gasteiger partial charge is 0.261 e. The summed E-state index contributed by atoms with van der Waals surface area (Å²) in [6.07, 6.45) is 4.80. The summed E-state index contributed by atoms with van der Waals surface area (Å²) in [5, 5.41) is 5.03. The lowest BCUT2D eigenvalue weighted by Crippen LogP contribution is -2.35. The lowest BCUT2D eigenvalue weighted by atomic mass is 10.1. The molecule has 0 spiro atoms. The van der Waals surface area contributed by atoms with Gasteiger partial charge in [0.2, 0.25) is 0 Å². The molecule has 1 aromatic heterocycles. The third-order valence-electron chi connectivity index (χ3n) is 4.63. The molecule has 0 aliphatic carbocycles. The molecule has 0 fully saturated rings. The molecule has 0 aliphatic heterocycles. The highest BCUT2D eigenvalue weighted by molar-refractivity contribution is 5.89. The molecule has 28 heavy (non-hydrogen) atoms. The molecule has 1 N–H and O–H groups in total. The number of hydrogen-bond donors (Lipinski definition) is 1. The van der Waals surface area contributed by atoms with Crippen LogP contribution in [0.15, 0.2) is 85.5 Å². The largest absolute Gasteiger partial charge is 0.480 e. The van der Waals surface area contributed by atoms with Gasteiger partial charge in [-0.1, -0.05) is 48.5 Å². The number of ether oxygens (including phenoxy) is 1. The first kappa shape index (κ1) is 17.8. The topological polar surface area (TPSA) is 56.1 Å². The fourth-order valence-corrected chi connectivity index (χ4v) is 3.07. The van der Waals surface area contributed by atoms with Crippen LogP contribution in [0.4, 0.5) is 0 Å². The molecule has 1 atom stereocenters. The van der Waals surface area contributed by atoms with E-state index in [1.165, 1.54) is 0 Å². The zero-order chi connectivity index (χ0) is 19.3. The van der Waals surface area contributed by atoms with Gasteiger partial charge in [0.1, 0.15) is 5.75 Å². The van der Waals surface area contributed by atoms with Gasteiger partial charge in [0.15, 0.2) is 6.10 Å². The van der Waals surface area contributed by atoms with Crippen LogP contribution in [0.1, 0.15) is 12.5 Å². The first-order valence-electron chi connectivity index (χ1n) is 9.20. The van der Waals surface area contributed by atoms with E-state index in [-0.39, 0.29) is 5.91 Å². The number of hydrogen-bond acceptors (Lipinski definition) is 3. The maximum absolute atomic E-state index is 12.5. The van der Waals surface area contributed by atoms with Gasteiger partial charge in [-0.2, -0.15) is 0 Å². The average Bonchev–Trinajstić information content (AvgIpc) is 3.27. The molecule has 0 aliphatic rings. The van der Waals surface area contributed by atoms with Crippen LogP contribution >= 0.6 is 0 Å². The average molecular weight is 371 g/mol. The molecule has 140 valence electrons. The zero-order valence-corrected chi connectivity index (χ0v) is 15.6. The van der Waals surface area contributed by atoms with E-state index in [9.17, 15) is 4.79 Å². The molecule has 5 nitrogen and oxygen atoms in total. The van der Waals surface area contributed by atoms with E-state index >= 15 is 0 Å². The molecule has 5 heteroatoms. The first-order chi connectivity index (χ1) is 13.7. The Bertz CT molecular complexity index is 1070. The van der Waals surface area contributed by atoms with Crippen LogP contribution in [0.3, 0.4) is 0 Å². The summed E-state index contributed by atoms with van der Waals surface area (Å²) in [6, 6.07) is 21.8. The number of aromatic nitrogens is 2. The number of carbonyl (C=O) groups excluding carboxylic acids is 1. The van der Waals surface area contributed by atoms with Crippen LogP contribution < -0.4 is 10.1 Å². The van der Waals surface area contributed by atoms with Crippen molar-refractivity contribution in [3.8, 4) is 11.4 Å². The van der Waals surface area contributed by atoms with Crippen LogP contribution in [-0.4, -0.2) is 21.6 Å². The Labute approximate surface area is 163 Å². The number of carbonyl (C=O) groups is 1. The summed E-state index contributed by atoms with van der Waals surface area (Å²) in [4.78, 5) is 16.5. The Morgan fingerprint density at radius 3 is 2.64 bits per heavy atom. The van der Waals surface area contributed by atoms with Gasteiger partial charge in [-0.25, -0.2) is 4.98 Å². The summed E-state index contributed by atoms with van der Waals surface area (Å²) in [5.74, 6) is 0.567. The van der Waals surface area contributed by atoms with Gasteiger partial charge in [0.25, 0.3) is 5.91 Å². The van der Waals surface area contributed by atoms with E-state index in [0.29, 0.717) is 12.3 Å². The van der Waals surface area contributed by atoms with Gasteiger partial charge in [-0.3, -0.25) is 4.79 Å². The van der Waals surface area contributed by atoms with Gasteiger partial charge < -0.3 is 14.6 Å². The summed E-state index contributed by atoms with van der Waals surface area (Å²) in [7, 11) is 0. The predicted molar refractivity (Wildman–Crippen MR) is 109 cm³/mol. The Morgan fingerprint density at radius 2 is 1.86 bits per heavy atom. The molecule has 0 bridgehead atoms. The van der Waals surface area contributed by atoms with Crippen LogP contribution in [0.2, 0.25) is 0 Å². The third kappa shape index (κ3) is 3.88. The molecule has 0 saturated carbocycles. The second-order valence-corrected chi connectivity index (χ2v) is 6.59. The molecular weight excluding hydrogens is 350 g/mol. The van der Waals surface area contributed by atoms with E-state index in [2.05, 4.69) is 10.3 Å². The van der Waals surface area contributed by atoms with Crippen molar-refractivity contribution in [3.63, 3.8) is 0 Å². The minimum atomic E-state index is -0.587. The number of imidazole rings is 1. The summed E-state index contributed by atoms with van der Waals surface area (Å²) in [6.45, 7) is 2.21. The van der Waals surface area contributed by atoms with Crippen molar-refractivity contribution in [2.45, 2.75) is 19.6 Å². The van der Waals surface area contributed by atoms with E-state index < -0.39 is 6.10 Å².